The summed E-state index contributed by atoms with van der Waals surface area (Å²) in [4.78, 5) is 24.0. The van der Waals surface area contributed by atoms with E-state index in [4.69, 9.17) is 5.73 Å². The first kappa shape index (κ1) is 17.7. The topological polar surface area (TPSA) is 72.2 Å². The third-order valence-electron chi connectivity index (χ3n) is 3.74. The van der Waals surface area contributed by atoms with Crippen LogP contribution in [0.4, 0.5) is 5.69 Å². The number of halogens is 1. The van der Waals surface area contributed by atoms with Crippen molar-refractivity contribution in [3.63, 3.8) is 0 Å². The average molecular weight is 311 g/mol. The molecule has 1 aliphatic rings. The van der Waals surface area contributed by atoms with E-state index in [0.29, 0.717) is 12.1 Å². The predicted octanol–water partition coefficient (Wildman–Crippen LogP) is 2.94. The van der Waals surface area contributed by atoms with E-state index in [0.717, 1.165) is 24.0 Å². The van der Waals surface area contributed by atoms with E-state index in [9.17, 15) is 9.59 Å². The van der Waals surface area contributed by atoms with Gasteiger partial charge in [0.05, 0.1) is 6.04 Å². The number of carbonyl (C=O) groups excluding carboxylic acids is 2. The Balaban J connectivity index is 0.00000220. The highest BCUT2D eigenvalue weighted by atomic mass is 35.5. The molecule has 1 amide bonds. The molecule has 0 bridgehead atoms. The minimum atomic E-state index is -0.589. The van der Waals surface area contributed by atoms with Crippen LogP contribution in [0.25, 0.3) is 0 Å². The number of carbonyl (C=O) groups is 2. The van der Waals surface area contributed by atoms with Crippen LogP contribution in [0.3, 0.4) is 0 Å². The van der Waals surface area contributed by atoms with E-state index in [1.807, 2.05) is 32.9 Å². The molecule has 0 heterocycles. The molecule has 4 nitrogen and oxygen atoms in total. The second-order valence-electron chi connectivity index (χ2n) is 6.48. The van der Waals surface area contributed by atoms with Crippen molar-refractivity contribution in [3.8, 4) is 0 Å². The molecular weight excluding hydrogens is 288 g/mol. The minimum Gasteiger partial charge on any atom is -0.325 e. The molecule has 21 heavy (non-hydrogen) atoms. The summed E-state index contributed by atoms with van der Waals surface area (Å²) < 4.78 is 0. The standard InChI is InChI=1S/C16H22N2O2.ClH/c1-16(2,3)14(17)15(20)18-11-8-7-10-5-4-6-13(19)12(10)9-11;/h7-9,14H,4-6,17H2,1-3H3,(H,18,20);1H/t14-;/m1./s1. The summed E-state index contributed by atoms with van der Waals surface area (Å²) >= 11 is 0. The van der Waals surface area contributed by atoms with Gasteiger partial charge in [0, 0.05) is 17.7 Å². The number of anilines is 1. The SMILES string of the molecule is CC(C)(C)[C@H](N)C(=O)Nc1ccc2c(c1)C(=O)CCC2.Cl. The van der Waals surface area contributed by atoms with E-state index in [-0.39, 0.29) is 29.5 Å². The number of fused-ring (bicyclic) bond motifs is 1. The number of Topliss-reactive ketones (excluding diaryl/α,β-unsaturated/α-hetero) is 1. The number of amides is 1. The monoisotopic (exact) mass is 310 g/mol. The first-order valence-electron chi connectivity index (χ1n) is 7.01. The second-order valence-corrected chi connectivity index (χ2v) is 6.48. The summed E-state index contributed by atoms with van der Waals surface area (Å²) in [7, 11) is 0. The van der Waals surface area contributed by atoms with Gasteiger partial charge in [0.25, 0.3) is 0 Å². The van der Waals surface area contributed by atoms with Gasteiger partial charge in [-0.3, -0.25) is 9.59 Å². The molecule has 0 saturated carbocycles. The molecule has 5 heteroatoms. The van der Waals surface area contributed by atoms with Crippen molar-refractivity contribution < 1.29 is 9.59 Å². The minimum absolute atomic E-state index is 0. The van der Waals surface area contributed by atoms with Gasteiger partial charge >= 0.3 is 0 Å². The van der Waals surface area contributed by atoms with E-state index < -0.39 is 6.04 Å². The van der Waals surface area contributed by atoms with Crippen LogP contribution in [0.2, 0.25) is 0 Å². The summed E-state index contributed by atoms with van der Waals surface area (Å²) in [6.07, 6.45) is 2.43. The van der Waals surface area contributed by atoms with Gasteiger partial charge in [-0.05, 0) is 36.0 Å². The molecule has 1 aromatic rings. The highest BCUT2D eigenvalue weighted by Crippen LogP contribution is 2.25. The normalized spacial score (nSPS) is 15.7. The van der Waals surface area contributed by atoms with Crippen LogP contribution < -0.4 is 11.1 Å². The molecule has 0 aromatic heterocycles. The van der Waals surface area contributed by atoms with Crippen LogP contribution in [0.15, 0.2) is 18.2 Å². The third-order valence-corrected chi connectivity index (χ3v) is 3.74. The maximum absolute atomic E-state index is 12.1. The lowest BCUT2D eigenvalue weighted by molar-refractivity contribution is -0.119. The lowest BCUT2D eigenvalue weighted by Crippen LogP contribution is -2.45. The number of benzene rings is 1. The fourth-order valence-electron chi connectivity index (χ4n) is 2.32. The molecule has 0 unspecified atom stereocenters. The van der Waals surface area contributed by atoms with Crippen molar-refractivity contribution in [1.29, 1.82) is 0 Å². The average Bonchev–Trinajstić information content (AvgIpc) is 2.37. The van der Waals surface area contributed by atoms with Gasteiger partial charge in [-0.15, -0.1) is 12.4 Å². The fourth-order valence-corrected chi connectivity index (χ4v) is 2.32. The fraction of sp³-hybridized carbons (Fsp3) is 0.500. The maximum atomic E-state index is 12.1. The number of aryl methyl sites for hydroxylation is 1. The Hall–Kier alpha value is -1.39. The molecular formula is C16H23ClN2O2. The molecule has 1 atom stereocenters. The number of rotatable bonds is 2. The molecule has 0 radical (unpaired) electrons. The molecule has 0 fully saturated rings. The first-order chi connectivity index (χ1) is 9.29. The lowest BCUT2D eigenvalue weighted by atomic mass is 9.86. The smallest absolute Gasteiger partial charge is 0.241 e. The molecule has 3 N–H and O–H groups in total. The van der Waals surface area contributed by atoms with Crippen molar-refractivity contribution >= 4 is 29.8 Å². The molecule has 116 valence electrons. The van der Waals surface area contributed by atoms with Crippen LogP contribution in [-0.2, 0) is 11.2 Å². The number of hydrogen-bond acceptors (Lipinski definition) is 3. The molecule has 0 spiro atoms. The van der Waals surface area contributed by atoms with Crippen molar-refractivity contribution in [3.05, 3.63) is 29.3 Å². The Morgan fingerprint density at radius 3 is 2.57 bits per heavy atom. The van der Waals surface area contributed by atoms with E-state index in [1.165, 1.54) is 0 Å². The van der Waals surface area contributed by atoms with Gasteiger partial charge in [0.1, 0.15) is 0 Å². The van der Waals surface area contributed by atoms with Gasteiger partial charge in [-0.2, -0.15) is 0 Å². The summed E-state index contributed by atoms with van der Waals surface area (Å²) in [5.41, 5.74) is 8.08. The number of hydrogen-bond donors (Lipinski definition) is 2. The van der Waals surface area contributed by atoms with E-state index >= 15 is 0 Å². The van der Waals surface area contributed by atoms with Crippen LogP contribution >= 0.6 is 12.4 Å². The van der Waals surface area contributed by atoms with Crippen molar-refractivity contribution in [2.24, 2.45) is 11.1 Å². The summed E-state index contributed by atoms with van der Waals surface area (Å²) in [6.45, 7) is 5.77. The predicted molar refractivity (Wildman–Crippen MR) is 87.0 cm³/mol. The molecule has 1 aliphatic carbocycles. The van der Waals surface area contributed by atoms with E-state index in [1.54, 1.807) is 6.07 Å². The van der Waals surface area contributed by atoms with E-state index in [2.05, 4.69) is 5.32 Å². The zero-order valence-electron chi connectivity index (χ0n) is 12.7. The first-order valence-corrected chi connectivity index (χ1v) is 7.01. The molecule has 0 aliphatic heterocycles. The summed E-state index contributed by atoms with van der Waals surface area (Å²) in [5.74, 6) is -0.0665. The summed E-state index contributed by atoms with van der Waals surface area (Å²) in [6, 6.07) is 4.94. The summed E-state index contributed by atoms with van der Waals surface area (Å²) in [5, 5.41) is 2.80. The van der Waals surface area contributed by atoms with Gasteiger partial charge < -0.3 is 11.1 Å². The van der Waals surface area contributed by atoms with Crippen molar-refractivity contribution in [1.82, 2.24) is 0 Å². The molecule has 2 rings (SSSR count). The van der Waals surface area contributed by atoms with Crippen LogP contribution in [0, 0.1) is 5.41 Å². The highest BCUT2D eigenvalue weighted by Gasteiger charge is 2.27. The number of nitrogens with one attached hydrogen (secondary N) is 1. The van der Waals surface area contributed by atoms with Crippen molar-refractivity contribution in [2.45, 2.75) is 46.1 Å². The number of nitrogens with two attached hydrogens (primary N) is 1. The van der Waals surface area contributed by atoms with Crippen molar-refractivity contribution in [2.75, 3.05) is 5.32 Å². The lowest BCUT2D eigenvalue weighted by Gasteiger charge is -2.26. The van der Waals surface area contributed by atoms with Gasteiger partial charge in [0.15, 0.2) is 5.78 Å². The Labute approximate surface area is 131 Å². The zero-order chi connectivity index (χ0) is 14.9. The Kier molecular flexibility index (Phi) is 5.54. The highest BCUT2D eigenvalue weighted by molar-refractivity contribution is 6.01. The Morgan fingerprint density at radius 2 is 1.95 bits per heavy atom. The largest absolute Gasteiger partial charge is 0.325 e. The Morgan fingerprint density at radius 1 is 1.29 bits per heavy atom. The zero-order valence-corrected chi connectivity index (χ0v) is 13.5. The van der Waals surface area contributed by atoms with Crippen LogP contribution in [-0.4, -0.2) is 17.7 Å². The molecule has 1 aromatic carbocycles. The van der Waals surface area contributed by atoms with Gasteiger partial charge in [-0.1, -0.05) is 26.8 Å². The maximum Gasteiger partial charge on any atom is 0.241 e. The van der Waals surface area contributed by atoms with Crippen LogP contribution in [0.1, 0.15) is 49.5 Å². The van der Waals surface area contributed by atoms with Gasteiger partial charge in [-0.25, -0.2) is 0 Å². The third kappa shape index (κ3) is 4.05. The second kappa shape index (κ2) is 6.58. The Bertz CT molecular complexity index is 550. The molecule has 0 saturated heterocycles. The van der Waals surface area contributed by atoms with Gasteiger partial charge in [0.2, 0.25) is 5.91 Å². The quantitative estimate of drug-likeness (QED) is 0.882. The number of ketones is 1. The van der Waals surface area contributed by atoms with Crippen LogP contribution in [0.5, 0.6) is 0 Å².